The van der Waals surface area contributed by atoms with Crippen LogP contribution in [0.2, 0.25) is 0 Å². The third-order valence-corrected chi connectivity index (χ3v) is 3.74. The molecule has 2 heteroatoms. The lowest BCUT2D eigenvalue weighted by molar-refractivity contribution is 0.174. The topological polar surface area (TPSA) is 15.3 Å². The summed E-state index contributed by atoms with van der Waals surface area (Å²) in [6.07, 6.45) is 0. The second-order valence-electron chi connectivity index (χ2n) is 4.56. The van der Waals surface area contributed by atoms with Gasteiger partial charge >= 0.3 is 0 Å². The Morgan fingerprint density at radius 3 is 2.73 bits per heavy atom. The molecule has 0 aromatic rings. The van der Waals surface area contributed by atoms with E-state index in [4.69, 9.17) is 0 Å². The lowest BCUT2D eigenvalue weighted by Crippen LogP contribution is -2.41. The second kappa shape index (κ2) is 2.20. The Balaban J connectivity index is 2.20. The summed E-state index contributed by atoms with van der Waals surface area (Å²) in [5.74, 6) is 1.79. The van der Waals surface area contributed by atoms with Gasteiger partial charge in [0.2, 0.25) is 0 Å². The maximum Gasteiger partial charge on any atom is 0.0194 e. The van der Waals surface area contributed by atoms with Crippen LogP contribution < -0.4 is 5.32 Å². The van der Waals surface area contributed by atoms with Crippen LogP contribution in [0.1, 0.15) is 13.8 Å². The molecule has 0 radical (unpaired) electrons. The molecule has 0 aliphatic carbocycles. The first-order valence-electron chi connectivity index (χ1n) is 4.54. The molecule has 2 nitrogen and oxygen atoms in total. The molecule has 0 aromatic heterocycles. The van der Waals surface area contributed by atoms with Crippen molar-refractivity contribution in [2.45, 2.75) is 19.4 Å². The Kier molecular flexibility index (Phi) is 1.52. The zero-order chi connectivity index (χ0) is 8.06. The maximum atomic E-state index is 3.47. The van der Waals surface area contributed by atoms with Crippen molar-refractivity contribution in [2.24, 2.45) is 11.8 Å². The summed E-state index contributed by atoms with van der Waals surface area (Å²) in [4.78, 5) is 2.50. The van der Waals surface area contributed by atoms with E-state index in [9.17, 15) is 0 Å². The first-order chi connectivity index (χ1) is 5.12. The Hall–Kier alpha value is -0.0800. The van der Waals surface area contributed by atoms with Crippen LogP contribution in [-0.2, 0) is 0 Å². The molecule has 0 saturated carbocycles. The minimum absolute atomic E-state index is 0.425. The van der Waals surface area contributed by atoms with Gasteiger partial charge in [-0.1, -0.05) is 0 Å². The van der Waals surface area contributed by atoms with Gasteiger partial charge < -0.3 is 10.2 Å². The highest BCUT2D eigenvalue weighted by Crippen LogP contribution is 2.39. The number of nitrogens with zero attached hydrogens (tertiary/aromatic N) is 1. The molecule has 2 fully saturated rings. The predicted molar refractivity (Wildman–Crippen MR) is 46.6 cm³/mol. The maximum absolute atomic E-state index is 3.47. The predicted octanol–water partition coefficient (Wildman–Crippen LogP) is 0.546. The summed E-state index contributed by atoms with van der Waals surface area (Å²) in [5.41, 5.74) is 0.425. The number of rotatable bonds is 0. The van der Waals surface area contributed by atoms with Crippen molar-refractivity contribution in [3.05, 3.63) is 0 Å². The Morgan fingerprint density at radius 2 is 2.09 bits per heavy atom. The number of fused-ring (bicyclic) bond motifs is 1. The van der Waals surface area contributed by atoms with Crippen LogP contribution in [0.25, 0.3) is 0 Å². The van der Waals surface area contributed by atoms with E-state index >= 15 is 0 Å². The molecule has 2 rings (SSSR count). The normalized spacial score (nSPS) is 42.8. The molecule has 0 spiro atoms. The van der Waals surface area contributed by atoms with Gasteiger partial charge in [0.15, 0.2) is 0 Å². The lowest BCUT2D eigenvalue weighted by atomic mass is 9.85. The van der Waals surface area contributed by atoms with Gasteiger partial charge in [0.25, 0.3) is 0 Å². The first-order valence-corrected chi connectivity index (χ1v) is 4.54. The highest BCUT2D eigenvalue weighted by Gasteiger charge is 2.47. The van der Waals surface area contributed by atoms with Crippen molar-refractivity contribution in [3.8, 4) is 0 Å². The highest BCUT2D eigenvalue weighted by molar-refractivity contribution is 5.03. The minimum atomic E-state index is 0.425. The van der Waals surface area contributed by atoms with Gasteiger partial charge in [0.1, 0.15) is 0 Å². The number of likely N-dealkylation sites (tertiary alicyclic amines) is 1. The fraction of sp³-hybridized carbons (Fsp3) is 1.00. The van der Waals surface area contributed by atoms with E-state index in [1.54, 1.807) is 0 Å². The highest BCUT2D eigenvalue weighted by atomic mass is 15.2. The van der Waals surface area contributed by atoms with Gasteiger partial charge in [-0.2, -0.15) is 0 Å². The van der Waals surface area contributed by atoms with Crippen molar-refractivity contribution in [1.29, 1.82) is 0 Å². The largest absolute Gasteiger partial charge is 0.316 e. The fourth-order valence-corrected chi connectivity index (χ4v) is 2.62. The molecule has 2 atom stereocenters. The smallest absolute Gasteiger partial charge is 0.0194 e. The van der Waals surface area contributed by atoms with Crippen LogP contribution in [0.4, 0.5) is 0 Å². The average Bonchev–Trinajstić information content (AvgIpc) is 2.41. The molecule has 2 heterocycles. The van der Waals surface area contributed by atoms with E-state index in [-0.39, 0.29) is 0 Å². The van der Waals surface area contributed by atoms with E-state index in [1.165, 1.54) is 19.6 Å². The van der Waals surface area contributed by atoms with Gasteiger partial charge in [0.05, 0.1) is 0 Å². The monoisotopic (exact) mass is 154 g/mol. The summed E-state index contributed by atoms with van der Waals surface area (Å²) < 4.78 is 0. The van der Waals surface area contributed by atoms with Gasteiger partial charge in [-0.05, 0) is 39.3 Å². The summed E-state index contributed by atoms with van der Waals surface area (Å²) >= 11 is 0. The van der Waals surface area contributed by atoms with Crippen molar-refractivity contribution in [2.75, 3.05) is 26.7 Å². The van der Waals surface area contributed by atoms with Crippen LogP contribution in [0, 0.1) is 11.8 Å². The van der Waals surface area contributed by atoms with Crippen LogP contribution in [0.3, 0.4) is 0 Å². The standard InChI is InChI=1S/C9H18N2/c1-9(2)8-5-10-4-7(8)6-11(9)3/h7-8,10H,4-6H2,1-3H3. The van der Waals surface area contributed by atoms with E-state index in [0.29, 0.717) is 5.54 Å². The Bertz CT molecular complexity index is 165. The van der Waals surface area contributed by atoms with Crippen molar-refractivity contribution in [3.63, 3.8) is 0 Å². The summed E-state index contributed by atoms with van der Waals surface area (Å²) in [6.45, 7) is 8.47. The molecular weight excluding hydrogens is 136 g/mol. The Morgan fingerprint density at radius 1 is 1.36 bits per heavy atom. The van der Waals surface area contributed by atoms with Gasteiger partial charge in [0, 0.05) is 18.6 Å². The van der Waals surface area contributed by atoms with Crippen molar-refractivity contribution < 1.29 is 0 Å². The van der Waals surface area contributed by atoms with Crippen LogP contribution in [-0.4, -0.2) is 37.1 Å². The molecule has 0 bridgehead atoms. The fourth-order valence-electron chi connectivity index (χ4n) is 2.62. The van der Waals surface area contributed by atoms with Gasteiger partial charge in [-0.25, -0.2) is 0 Å². The second-order valence-corrected chi connectivity index (χ2v) is 4.56. The summed E-state index contributed by atoms with van der Waals surface area (Å²) in [5, 5.41) is 3.47. The third kappa shape index (κ3) is 0.926. The summed E-state index contributed by atoms with van der Waals surface area (Å²) in [6, 6.07) is 0. The molecule has 2 unspecified atom stereocenters. The molecule has 11 heavy (non-hydrogen) atoms. The van der Waals surface area contributed by atoms with E-state index in [1.807, 2.05) is 0 Å². The average molecular weight is 154 g/mol. The van der Waals surface area contributed by atoms with Crippen LogP contribution >= 0.6 is 0 Å². The van der Waals surface area contributed by atoms with Crippen molar-refractivity contribution >= 4 is 0 Å². The number of hydrogen-bond acceptors (Lipinski definition) is 2. The molecule has 0 amide bonds. The minimum Gasteiger partial charge on any atom is -0.316 e. The molecule has 64 valence electrons. The molecule has 0 aromatic carbocycles. The van der Waals surface area contributed by atoms with E-state index < -0.39 is 0 Å². The molecule has 2 aliphatic rings. The first kappa shape index (κ1) is 7.56. The lowest BCUT2D eigenvalue weighted by Gasteiger charge is -2.32. The van der Waals surface area contributed by atoms with Gasteiger partial charge in [-0.3, -0.25) is 0 Å². The molecular formula is C9H18N2. The summed E-state index contributed by atoms with van der Waals surface area (Å²) in [7, 11) is 2.25. The number of nitrogens with one attached hydrogen (secondary N) is 1. The van der Waals surface area contributed by atoms with E-state index in [2.05, 4.69) is 31.1 Å². The van der Waals surface area contributed by atoms with Gasteiger partial charge in [-0.15, -0.1) is 0 Å². The number of hydrogen-bond donors (Lipinski definition) is 1. The zero-order valence-electron chi connectivity index (χ0n) is 7.72. The molecule has 2 saturated heterocycles. The van der Waals surface area contributed by atoms with Crippen LogP contribution in [0.15, 0.2) is 0 Å². The van der Waals surface area contributed by atoms with E-state index in [0.717, 1.165) is 11.8 Å². The zero-order valence-corrected chi connectivity index (χ0v) is 7.72. The SMILES string of the molecule is CN1CC2CNCC2C1(C)C. The Labute approximate surface area is 69.0 Å². The van der Waals surface area contributed by atoms with Crippen LogP contribution in [0.5, 0.6) is 0 Å². The quantitative estimate of drug-likeness (QED) is 0.548. The molecule has 1 N–H and O–H groups in total. The third-order valence-electron chi connectivity index (χ3n) is 3.74. The van der Waals surface area contributed by atoms with Crippen molar-refractivity contribution in [1.82, 2.24) is 10.2 Å². The molecule has 2 aliphatic heterocycles.